The lowest BCUT2D eigenvalue weighted by Crippen LogP contribution is -2.45. The summed E-state index contributed by atoms with van der Waals surface area (Å²) >= 11 is 0. The molecule has 21 heavy (non-hydrogen) atoms. The van der Waals surface area contributed by atoms with Crippen molar-refractivity contribution >= 4 is 11.6 Å². The highest BCUT2D eigenvalue weighted by atomic mass is 16.5. The van der Waals surface area contributed by atoms with Crippen molar-refractivity contribution in [3.8, 4) is 0 Å². The molecule has 116 valence electrons. The second kappa shape index (κ2) is 8.00. The summed E-state index contributed by atoms with van der Waals surface area (Å²) in [5.74, 6) is 0.477. The minimum atomic E-state index is 0.321. The molecule has 0 saturated carbocycles. The van der Waals surface area contributed by atoms with Crippen molar-refractivity contribution in [3.63, 3.8) is 0 Å². The minimum absolute atomic E-state index is 0.321. The van der Waals surface area contributed by atoms with Gasteiger partial charge in [0, 0.05) is 31.9 Å². The summed E-state index contributed by atoms with van der Waals surface area (Å²) in [4.78, 5) is 6.81. The lowest BCUT2D eigenvalue weighted by molar-refractivity contribution is -0.0679. The van der Waals surface area contributed by atoms with Gasteiger partial charge in [0.05, 0.1) is 12.2 Å². The van der Waals surface area contributed by atoms with Crippen LogP contribution in [0.1, 0.15) is 20.3 Å². The van der Waals surface area contributed by atoms with E-state index in [1.807, 2.05) is 30.3 Å². The molecule has 0 spiro atoms. The third-order valence-electron chi connectivity index (χ3n) is 3.46. The Hall–Kier alpha value is -1.59. The van der Waals surface area contributed by atoms with Gasteiger partial charge in [-0.2, -0.15) is 0 Å². The summed E-state index contributed by atoms with van der Waals surface area (Å²) in [6, 6.07) is 9.85. The second-order valence-electron chi connectivity index (χ2n) is 5.63. The molecule has 0 aliphatic carbocycles. The molecule has 1 fully saturated rings. The largest absolute Gasteiger partial charge is 0.373 e. The average Bonchev–Trinajstić information content (AvgIpc) is 2.44. The zero-order chi connectivity index (χ0) is 15.1. The first kappa shape index (κ1) is 15.8. The molecule has 5 heteroatoms. The zero-order valence-corrected chi connectivity index (χ0v) is 13.0. The summed E-state index contributed by atoms with van der Waals surface area (Å²) in [6.45, 7) is 8.05. The number of anilines is 1. The summed E-state index contributed by atoms with van der Waals surface area (Å²) in [7, 11) is 0. The molecule has 2 unspecified atom stereocenters. The van der Waals surface area contributed by atoms with Crippen LogP contribution in [0, 0.1) is 0 Å². The average molecular weight is 290 g/mol. The lowest BCUT2D eigenvalue weighted by atomic mass is 10.2. The van der Waals surface area contributed by atoms with E-state index in [9.17, 15) is 0 Å². The Kier molecular flexibility index (Phi) is 6.02. The lowest BCUT2D eigenvalue weighted by Gasteiger charge is -2.35. The van der Waals surface area contributed by atoms with E-state index in [2.05, 4.69) is 29.1 Å². The summed E-state index contributed by atoms with van der Waals surface area (Å²) < 4.78 is 5.73. The third kappa shape index (κ3) is 5.73. The summed E-state index contributed by atoms with van der Waals surface area (Å²) in [5.41, 5.74) is 6.84. The van der Waals surface area contributed by atoms with Crippen molar-refractivity contribution in [2.45, 2.75) is 32.5 Å². The van der Waals surface area contributed by atoms with Gasteiger partial charge in [0.15, 0.2) is 5.96 Å². The molecular weight excluding hydrogens is 264 g/mol. The van der Waals surface area contributed by atoms with E-state index in [-0.39, 0.29) is 0 Å². The fourth-order valence-corrected chi connectivity index (χ4v) is 2.67. The fourth-order valence-electron chi connectivity index (χ4n) is 2.67. The highest BCUT2D eigenvalue weighted by Crippen LogP contribution is 2.10. The van der Waals surface area contributed by atoms with Gasteiger partial charge in [-0.1, -0.05) is 18.2 Å². The summed E-state index contributed by atoms with van der Waals surface area (Å²) in [6.07, 6.45) is 1.65. The number of para-hydroxylation sites is 1. The predicted molar refractivity (Wildman–Crippen MR) is 87.6 cm³/mol. The number of ether oxygens (including phenoxy) is 1. The molecule has 1 aromatic rings. The van der Waals surface area contributed by atoms with Crippen LogP contribution >= 0.6 is 0 Å². The van der Waals surface area contributed by atoms with Crippen LogP contribution in [0.3, 0.4) is 0 Å². The van der Waals surface area contributed by atoms with Crippen LogP contribution < -0.4 is 11.1 Å². The number of nitrogens with zero attached hydrogens (tertiary/aromatic N) is 2. The number of guanidine groups is 1. The van der Waals surface area contributed by atoms with Crippen LogP contribution in [0.2, 0.25) is 0 Å². The first-order valence-electron chi connectivity index (χ1n) is 7.63. The SMILES string of the molecule is CC1CN(CCCN=C(N)Nc2ccccc2)CC(C)O1. The highest BCUT2D eigenvalue weighted by Gasteiger charge is 2.21. The van der Waals surface area contributed by atoms with E-state index in [1.54, 1.807) is 0 Å². The molecular formula is C16H26N4O. The maximum Gasteiger partial charge on any atom is 0.193 e. The molecule has 0 aromatic heterocycles. The van der Waals surface area contributed by atoms with Gasteiger partial charge in [0.25, 0.3) is 0 Å². The molecule has 1 saturated heterocycles. The molecule has 2 atom stereocenters. The number of benzene rings is 1. The zero-order valence-electron chi connectivity index (χ0n) is 13.0. The van der Waals surface area contributed by atoms with Crippen LogP contribution in [0.15, 0.2) is 35.3 Å². The normalized spacial score (nSPS) is 24.0. The van der Waals surface area contributed by atoms with Crippen molar-refractivity contribution in [1.82, 2.24) is 4.90 Å². The Balaban J connectivity index is 1.67. The van der Waals surface area contributed by atoms with Crippen molar-refractivity contribution in [2.24, 2.45) is 10.7 Å². The van der Waals surface area contributed by atoms with E-state index >= 15 is 0 Å². The molecule has 5 nitrogen and oxygen atoms in total. The van der Waals surface area contributed by atoms with Gasteiger partial charge in [-0.25, -0.2) is 0 Å². The topological polar surface area (TPSA) is 62.9 Å². The molecule has 1 aliphatic heterocycles. The fraction of sp³-hybridized carbons (Fsp3) is 0.562. The summed E-state index contributed by atoms with van der Waals surface area (Å²) in [5, 5.41) is 3.09. The minimum Gasteiger partial charge on any atom is -0.373 e. The number of morpholine rings is 1. The van der Waals surface area contributed by atoms with E-state index in [4.69, 9.17) is 10.5 Å². The maximum absolute atomic E-state index is 5.87. The van der Waals surface area contributed by atoms with Gasteiger partial charge in [-0.3, -0.25) is 9.89 Å². The van der Waals surface area contributed by atoms with Crippen molar-refractivity contribution in [1.29, 1.82) is 0 Å². The second-order valence-corrected chi connectivity index (χ2v) is 5.63. The molecule has 1 heterocycles. The smallest absolute Gasteiger partial charge is 0.193 e. The predicted octanol–water partition coefficient (Wildman–Crippen LogP) is 1.91. The molecule has 0 bridgehead atoms. The van der Waals surface area contributed by atoms with Crippen molar-refractivity contribution < 1.29 is 4.74 Å². The number of nitrogens with two attached hydrogens (primary N) is 1. The first-order chi connectivity index (χ1) is 10.1. The Morgan fingerprint density at radius 3 is 2.62 bits per heavy atom. The van der Waals surface area contributed by atoms with Gasteiger partial charge in [0.1, 0.15) is 0 Å². The van der Waals surface area contributed by atoms with Gasteiger partial charge in [-0.05, 0) is 32.4 Å². The Labute approximate surface area is 127 Å². The number of rotatable bonds is 5. The molecule has 3 N–H and O–H groups in total. The van der Waals surface area contributed by atoms with E-state index in [0.29, 0.717) is 18.2 Å². The van der Waals surface area contributed by atoms with Crippen LogP contribution in [0.4, 0.5) is 5.69 Å². The Morgan fingerprint density at radius 2 is 1.95 bits per heavy atom. The van der Waals surface area contributed by atoms with E-state index in [1.165, 1.54) is 0 Å². The van der Waals surface area contributed by atoms with Crippen molar-refractivity contribution in [3.05, 3.63) is 30.3 Å². The number of hydrogen-bond donors (Lipinski definition) is 2. The molecule has 2 rings (SSSR count). The Morgan fingerprint density at radius 1 is 1.29 bits per heavy atom. The quantitative estimate of drug-likeness (QED) is 0.494. The standard InChI is InChI=1S/C16H26N4O/c1-13-11-20(12-14(2)21-13)10-6-9-18-16(17)19-15-7-4-3-5-8-15/h3-5,7-8,13-14H,6,9-12H2,1-2H3,(H3,17,18,19). The molecule has 1 aliphatic rings. The van der Waals surface area contributed by atoms with Crippen LogP contribution in [-0.4, -0.2) is 49.2 Å². The van der Waals surface area contributed by atoms with Crippen molar-refractivity contribution in [2.75, 3.05) is 31.5 Å². The molecule has 0 radical (unpaired) electrons. The highest BCUT2D eigenvalue weighted by molar-refractivity contribution is 5.92. The third-order valence-corrected chi connectivity index (χ3v) is 3.46. The van der Waals surface area contributed by atoms with E-state index in [0.717, 1.165) is 38.3 Å². The van der Waals surface area contributed by atoms with Crippen LogP contribution in [0.5, 0.6) is 0 Å². The number of nitrogens with one attached hydrogen (secondary N) is 1. The number of aliphatic imine (C=N–C) groups is 1. The molecule has 0 amide bonds. The van der Waals surface area contributed by atoms with E-state index < -0.39 is 0 Å². The van der Waals surface area contributed by atoms with Gasteiger partial charge >= 0.3 is 0 Å². The van der Waals surface area contributed by atoms with Gasteiger partial charge in [-0.15, -0.1) is 0 Å². The molecule has 1 aromatic carbocycles. The van der Waals surface area contributed by atoms with Crippen LogP contribution in [0.25, 0.3) is 0 Å². The van der Waals surface area contributed by atoms with Crippen LogP contribution in [-0.2, 0) is 4.74 Å². The Bertz CT molecular complexity index is 439. The first-order valence-corrected chi connectivity index (χ1v) is 7.63. The monoisotopic (exact) mass is 290 g/mol. The van der Waals surface area contributed by atoms with Gasteiger partial charge in [0.2, 0.25) is 0 Å². The number of hydrogen-bond acceptors (Lipinski definition) is 3. The maximum atomic E-state index is 5.87. The van der Waals surface area contributed by atoms with Gasteiger partial charge < -0.3 is 15.8 Å².